The molecule has 0 amide bonds. The predicted octanol–water partition coefficient (Wildman–Crippen LogP) is 19.1. The maximum atomic E-state index is 12.8. The van der Waals surface area contributed by atoms with Crippen molar-refractivity contribution in [1.29, 1.82) is 0 Å². The van der Waals surface area contributed by atoms with Gasteiger partial charge in [0, 0.05) is 19.4 Å². The smallest absolute Gasteiger partial charge is 0.306 e. The number of allylic oxidation sites excluding steroid dienone is 8. The van der Waals surface area contributed by atoms with E-state index in [9.17, 15) is 9.59 Å². The van der Waals surface area contributed by atoms with Crippen LogP contribution in [0.25, 0.3) is 0 Å². The Morgan fingerprint density at radius 1 is 0.344 bits per heavy atom. The van der Waals surface area contributed by atoms with E-state index in [1.165, 1.54) is 186 Å². The molecule has 374 valence electrons. The van der Waals surface area contributed by atoms with E-state index in [0.717, 1.165) is 70.6 Å². The molecule has 0 aliphatic rings. The van der Waals surface area contributed by atoms with Crippen LogP contribution in [-0.2, 0) is 23.8 Å². The van der Waals surface area contributed by atoms with Gasteiger partial charge in [-0.3, -0.25) is 9.59 Å². The maximum absolute atomic E-state index is 12.8. The summed E-state index contributed by atoms with van der Waals surface area (Å²) in [5, 5.41) is 0. The van der Waals surface area contributed by atoms with Crippen LogP contribution in [0.2, 0.25) is 0 Å². The minimum Gasteiger partial charge on any atom is -0.462 e. The molecule has 0 aromatic rings. The highest BCUT2D eigenvalue weighted by Crippen LogP contribution is 2.16. The largest absolute Gasteiger partial charge is 0.462 e. The Balaban J connectivity index is 4.30. The van der Waals surface area contributed by atoms with Crippen molar-refractivity contribution in [3.8, 4) is 0 Å². The summed E-state index contributed by atoms with van der Waals surface area (Å²) in [5.41, 5.74) is 0. The third-order valence-electron chi connectivity index (χ3n) is 12.4. The molecule has 0 unspecified atom stereocenters. The molecule has 64 heavy (non-hydrogen) atoms. The van der Waals surface area contributed by atoms with Gasteiger partial charge in [-0.2, -0.15) is 0 Å². The molecule has 0 bridgehead atoms. The van der Waals surface area contributed by atoms with Gasteiger partial charge in [0.2, 0.25) is 0 Å². The molecule has 0 heterocycles. The number of ether oxygens (including phenoxy) is 3. The first-order valence-corrected chi connectivity index (χ1v) is 28.2. The first-order valence-electron chi connectivity index (χ1n) is 28.2. The highest BCUT2D eigenvalue weighted by molar-refractivity contribution is 5.70. The quantitative estimate of drug-likeness (QED) is 0.0346. The number of carbonyl (C=O) groups excluding carboxylic acids is 2. The monoisotopic (exact) mass is 897 g/mol. The van der Waals surface area contributed by atoms with Crippen molar-refractivity contribution in [3.05, 3.63) is 48.6 Å². The molecule has 0 radical (unpaired) electrons. The molecular weight excluding hydrogens is 789 g/mol. The number of hydrogen-bond donors (Lipinski definition) is 0. The summed E-state index contributed by atoms with van der Waals surface area (Å²) in [7, 11) is 0. The first-order chi connectivity index (χ1) is 31.6. The Morgan fingerprint density at radius 3 is 1.08 bits per heavy atom. The van der Waals surface area contributed by atoms with Gasteiger partial charge in [-0.25, -0.2) is 0 Å². The molecule has 0 spiro atoms. The van der Waals surface area contributed by atoms with E-state index in [2.05, 4.69) is 69.4 Å². The number of unbranched alkanes of at least 4 members (excludes halogenated alkanes) is 33. The molecule has 1 atom stereocenters. The second kappa shape index (κ2) is 55.2. The third kappa shape index (κ3) is 52.5. The van der Waals surface area contributed by atoms with Gasteiger partial charge >= 0.3 is 11.9 Å². The highest BCUT2D eigenvalue weighted by atomic mass is 16.6. The van der Waals surface area contributed by atoms with Gasteiger partial charge in [-0.1, -0.05) is 262 Å². The van der Waals surface area contributed by atoms with E-state index in [1.54, 1.807) is 0 Å². The van der Waals surface area contributed by atoms with Crippen LogP contribution in [0.1, 0.15) is 290 Å². The molecule has 0 aliphatic heterocycles. The van der Waals surface area contributed by atoms with Crippen molar-refractivity contribution in [2.75, 3.05) is 19.8 Å². The van der Waals surface area contributed by atoms with Gasteiger partial charge in [0.05, 0.1) is 6.61 Å². The van der Waals surface area contributed by atoms with E-state index in [1.807, 2.05) is 0 Å². The summed E-state index contributed by atoms with van der Waals surface area (Å²) in [5.74, 6) is -0.417. The Labute approximate surface area is 399 Å². The predicted molar refractivity (Wildman–Crippen MR) is 279 cm³/mol. The Hall–Kier alpha value is -2.14. The number of rotatable bonds is 52. The lowest BCUT2D eigenvalue weighted by Gasteiger charge is -2.18. The molecule has 0 fully saturated rings. The molecular formula is C59H108O5. The SMILES string of the molecule is CCCCC/C=C\C/C=C\C/C=C\C/C=C\CCCCCC(=O)O[C@H](COCCCCCCCCCCCCCCCCCC)COC(=O)CCCCCCCCCCCCCCC. The summed E-state index contributed by atoms with van der Waals surface area (Å²) >= 11 is 0. The van der Waals surface area contributed by atoms with E-state index in [4.69, 9.17) is 14.2 Å². The van der Waals surface area contributed by atoms with Gasteiger partial charge < -0.3 is 14.2 Å². The number of esters is 2. The van der Waals surface area contributed by atoms with E-state index < -0.39 is 6.10 Å². The lowest BCUT2D eigenvalue weighted by atomic mass is 10.0. The van der Waals surface area contributed by atoms with Crippen LogP contribution in [-0.4, -0.2) is 37.9 Å². The number of carbonyl (C=O) groups is 2. The van der Waals surface area contributed by atoms with Crippen molar-refractivity contribution in [3.63, 3.8) is 0 Å². The van der Waals surface area contributed by atoms with Gasteiger partial charge in [0.15, 0.2) is 6.10 Å². The zero-order chi connectivity index (χ0) is 46.3. The molecule has 5 heteroatoms. The van der Waals surface area contributed by atoms with Crippen LogP contribution in [0.3, 0.4) is 0 Å². The molecule has 0 aromatic carbocycles. The molecule has 0 aromatic heterocycles. The fraction of sp³-hybridized carbons (Fsp3) is 0.831. The average Bonchev–Trinajstić information content (AvgIpc) is 3.30. The van der Waals surface area contributed by atoms with Crippen molar-refractivity contribution in [1.82, 2.24) is 0 Å². The minimum absolute atomic E-state index is 0.0774. The maximum Gasteiger partial charge on any atom is 0.306 e. The third-order valence-corrected chi connectivity index (χ3v) is 12.4. The van der Waals surface area contributed by atoms with E-state index in [0.29, 0.717) is 19.4 Å². The summed E-state index contributed by atoms with van der Waals surface area (Å²) in [4.78, 5) is 25.5. The van der Waals surface area contributed by atoms with Crippen molar-refractivity contribution < 1.29 is 23.8 Å². The van der Waals surface area contributed by atoms with Crippen LogP contribution in [0, 0.1) is 0 Å². The molecule has 0 saturated carbocycles. The van der Waals surface area contributed by atoms with Crippen molar-refractivity contribution in [2.45, 2.75) is 297 Å². The Morgan fingerprint density at radius 2 is 0.656 bits per heavy atom. The lowest BCUT2D eigenvalue weighted by Crippen LogP contribution is -2.30. The van der Waals surface area contributed by atoms with Gasteiger partial charge in [-0.05, 0) is 64.2 Å². The molecule has 0 saturated heterocycles. The molecule has 0 aliphatic carbocycles. The fourth-order valence-corrected chi connectivity index (χ4v) is 8.14. The van der Waals surface area contributed by atoms with Crippen LogP contribution in [0.5, 0.6) is 0 Å². The lowest BCUT2D eigenvalue weighted by molar-refractivity contribution is -0.163. The second-order valence-corrected chi connectivity index (χ2v) is 18.9. The zero-order valence-electron chi connectivity index (χ0n) is 43.1. The van der Waals surface area contributed by atoms with Gasteiger partial charge in [-0.15, -0.1) is 0 Å². The van der Waals surface area contributed by atoms with Crippen molar-refractivity contribution in [2.24, 2.45) is 0 Å². The average molecular weight is 898 g/mol. The normalized spacial score (nSPS) is 12.5. The Kier molecular flexibility index (Phi) is 53.3. The topological polar surface area (TPSA) is 61.8 Å². The number of hydrogen-bond acceptors (Lipinski definition) is 5. The first kappa shape index (κ1) is 61.9. The summed E-state index contributed by atoms with van der Waals surface area (Å²) < 4.78 is 17.4. The second-order valence-electron chi connectivity index (χ2n) is 18.9. The van der Waals surface area contributed by atoms with Crippen LogP contribution in [0.4, 0.5) is 0 Å². The van der Waals surface area contributed by atoms with Crippen LogP contribution < -0.4 is 0 Å². The van der Waals surface area contributed by atoms with E-state index >= 15 is 0 Å². The Bertz CT molecular complexity index is 1060. The molecule has 0 N–H and O–H groups in total. The summed E-state index contributed by atoms with van der Waals surface area (Å²) in [6.07, 6.45) is 68.4. The van der Waals surface area contributed by atoms with Gasteiger partial charge in [0.25, 0.3) is 0 Å². The molecule has 0 rings (SSSR count). The van der Waals surface area contributed by atoms with Crippen molar-refractivity contribution >= 4 is 11.9 Å². The molecule has 5 nitrogen and oxygen atoms in total. The summed E-state index contributed by atoms with van der Waals surface area (Å²) in [6, 6.07) is 0. The summed E-state index contributed by atoms with van der Waals surface area (Å²) in [6.45, 7) is 7.82. The van der Waals surface area contributed by atoms with Crippen LogP contribution >= 0.6 is 0 Å². The van der Waals surface area contributed by atoms with E-state index in [-0.39, 0.29) is 25.2 Å². The van der Waals surface area contributed by atoms with Crippen LogP contribution in [0.15, 0.2) is 48.6 Å². The standard InChI is InChI=1S/C59H108O5/c1-4-7-10-13-16-19-22-25-27-29-30-31-32-35-38-41-44-47-50-53-59(61)64-57(56-63-58(60)52-49-46-43-40-37-34-24-21-18-15-12-9-6-3)55-62-54-51-48-45-42-39-36-33-28-26-23-20-17-14-11-8-5-2/h16,19,25,27,30-31,35,38,57H,4-15,17-18,20-24,26,28-29,32-34,36-37,39-56H2,1-3H3/b19-16-,27-25-,31-30-,38-35-/t57-/m1/s1. The zero-order valence-corrected chi connectivity index (χ0v) is 43.1. The fourth-order valence-electron chi connectivity index (χ4n) is 8.14. The highest BCUT2D eigenvalue weighted by Gasteiger charge is 2.17. The van der Waals surface area contributed by atoms with Gasteiger partial charge in [0.1, 0.15) is 6.61 Å². The minimum atomic E-state index is -0.548.